The highest BCUT2D eigenvalue weighted by atomic mass is 16.6. The van der Waals surface area contributed by atoms with Gasteiger partial charge in [0.15, 0.2) is 0 Å². The van der Waals surface area contributed by atoms with Crippen LogP contribution in [-0.2, 0) is 25.7 Å². The highest BCUT2D eigenvalue weighted by molar-refractivity contribution is 5.74. The molecule has 23 heavy (non-hydrogen) atoms. The SMILES string of the molecule is CC(C)(C)OC(=O)N[C@@H](C=O)CCC(=O)OCc1ccccc1. The summed E-state index contributed by atoms with van der Waals surface area (Å²) in [5, 5.41) is 2.42. The zero-order chi connectivity index (χ0) is 17.3. The molecule has 0 saturated carbocycles. The van der Waals surface area contributed by atoms with Gasteiger partial charge in [-0.3, -0.25) is 4.79 Å². The van der Waals surface area contributed by atoms with E-state index in [0.29, 0.717) is 6.29 Å². The molecule has 0 spiro atoms. The number of ether oxygens (including phenoxy) is 2. The van der Waals surface area contributed by atoms with Crippen LogP contribution in [0.15, 0.2) is 30.3 Å². The molecule has 0 aliphatic rings. The highest BCUT2D eigenvalue weighted by Crippen LogP contribution is 2.08. The van der Waals surface area contributed by atoms with Crippen molar-refractivity contribution in [3.8, 4) is 0 Å². The number of hydrogen-bond donors (Lipinski definition) is 1. The number of alkyl carbamates (subject to hydrolysis) is 1. The maximum Gasteiger partial charge on any atom is 0.408 e. The second-order valence-electron chi connectivity index (χ2n) is 6.07. The molecule has 0 aliphatic heterocycles. The molecule has 0 aromatic heterocycles. The van der Waals surface area contributed by atoms with Gasteiger partial charge < -0.3 is 19.6 Å². The van der Waals surface area contributed by atoms with Gasteiger partial charge in [0, 0.05) is 6.42 Å². The topological polar surface area (TPSA) is 81.7 Å². The number of nitrogens with one attached hydrogen (secondary N) is 1. The van der Waals surface area contributed by atoms with E-state index >= 15 is 0 Å². The van der Waals surface area contributed by atoms with Crippen molar-refractivity contribution in [1.82, 2.24) is 5.32 Å². The molecule has 6 nitrogen and oxygen atoms in total. The van der Waals surface area contributed by atoms with Crippen LogP contribution in [0.3, 0.4) is 0 Å². The van der Waals surface area contributed by atoms with E-state index in [0.717, 1.165) is 5.56 Å². The fourth-order valence-corrected chi connectivity index (χ4v) is 1.72. The Morgan fingerprint density at radius 2 is 1.87 bits per heavy atom. The predicted molar refractivity (Wildman–Crippen MR) is 84.7 cm³/mol. The smallest absolute Gasteiger partial charge is 0.408 e. The molecule has 126 valence electrons. The van der Waals surface area contributed by atoms with Crippen LogP contribution in [0.25, 0.3) is 0 Å². The predicted octanol–water partition coefficient (Wildman–Crippen LogP) is 2.60. The van der Waals surface area contributed by atoms with Crippen molar-refractivity contribution in [2.75, 3.05) is 0 Å². The molecule has 0 unspecified atom stereocenters. The summed E-state index contributed by atoms with van der Waals surface area (Å²) in [6, 6.07) is 8.51. The van der Waals surface area contributed by atoms with Gasteiger partial charge in [0.25, 0.3) is 0 Å². The average molecular weight is 321 g/mol. The third kappa shape index (κ3) is 8.60. The van der Waals surface area contributed by atoms with Crippen molar-refractivity contribution in [1.29, 1.82) is 0 Å². The highest BCUT2D eigenvalue weighted by Gasteiger charge is 2.20. The molecule has 0 radical (unpaired) electrons. The normalized spacial score (nSPS) is 12.1. The van der Waals surface area contributed by atoms with E-state index in [2.05, 4.69) is 5.32 Å². The Morgan fingerprint density at radius 1 is 1.22 bits per heavy atom. The minimum Gasteiger partial charge on any atom is -0.461 e. The third-order valence-electron chi connectivity index (χ3n) is 2.77. The Morgan fingerprint density at radius 3 is 2.43 bits per heavy atom. The van der Waals surface area contributed by atoms with Crippen molar-refractivity contribution in [2.45, 2.75) is 51.9 Å². The molecule has 0 aliphatic carbocycles. The fraction of sp³-hybridized carbons (Fsp3) is 0.471. The maximum atomic E-state index is 11.7. The lowest BCUT2D eigenvalue weighted by Crippen LogP contribution is -2.40. The lowest BCUT2D eigenvalue weighted by atomic mass is 10.2. The monoisotopic (exact) mass is 321 g/mol. The summed E-state index contributed by atoms with van der Waals surface area (Å²) in [5.74, 6) is -0.424. The van der Waals surface area contributed by atoms with E-state index < -0.39 is 23.7 Å². The van der Waals surface area contributed by atoms with Gasteiger partial charge in [0.1, 0.15) is 18.5 Å². The van der Waals surface area contributed by atoms with Gasteiger partial charge in [0.2, 0.25) is 0 Å². The Kier molecular flexibility index (Phi) is 7.25. The van der Waals surface area contributed by atoms with Gasteiger partial charge in [-0.1, -0.05) is 30.3 Å². The molecule has 0 fully saturated rings. The standard InChI is InChI=1S/C17H23NO5/c1-17(2,3)23-16(21)18-14(11-19)9-10-15(20)22-12-13-7-5-4-6-8-13/h4-8,11,14H,9-10,12H2,1-3H3,(H,18,21)/t14-/m1/s1. The van der Waals surface area contributed by atoms with E-state index in [4.69, 9.17) is 9.47 Å². The van der Waals surface area contributed by atoms with E-state index in [1.165, 1.54) is 0 Å². The first-order valence-corrected chi connectivity index (χ1v) is 7.44. The number of carbonyl (C=O) groups excluding carboxylic acids is 3. The second-order valence-corrected chi connectivity index (χ2v) is 6.07. The van der Waals surface area contributed by atoms with Crippen LogP contribution in [0.4, 0.5) is 4.79 Å². The van der Waals surface area contributed by atoms with Crippen molar-refractivity contribution in [3.63, 3.8) is 0 Å². The Bertz CT molecular complexity index is 522. The Balaban J connectivity index is 2.32. The van der Waals surface area contributed by atoms with Crippen molar-refractivity contribution < 1.29 is 23.9 Å². The molecule has 1 aromatic rings. The van der Waals surface area contributed by atoms with Crippen LogP contribution in [0.2, 0.25) is 0 Å². The number of carbonyl (C=O) groups is 3. The van der Waals surface area contributed by atoms with Crippen LogP contribution in [0.5, 0.6) is 0 Å². The molecule has 0 bridgehead atoms. The van der Waals surface area contributed by atoms with Crippen LogP contribution in [0, 0.1) is 0 Å². The minimum absolute atomic E-state index is 0.0338. The maximum absolute atomic E-state index is 11.7. The third-order valence-corrected chi connectivity index (χ3v) is 2.77. The summed E-state index contributed by atoms with van der Waals surface area (Å²) in [6.45, 7) is 5.36. The molecule has 1 rings (SSSR count). The average Bonchev–Trinajstić information content (AvgIpc) is 2.48. The van der Waals surface area contributed by atoms with Crippen LogP contribution < -0.4 is 5.32 Å². The van der Waals surface area contributed by atoms with Crippen LogP contribution in [-0.4, -0.2) is 30.0 Å². The zero-order valence-corrected chi connectivity index (χ0v) is 13.7. The molecule has 0 saturated heterocycles. The van der Waals surface area contributed by atoms with E-state index in [1.54, 1.807) is 20.8 Å². The summed E-state index contributed by atoms with van der Waals surface area (Å²) >= 11 is 0. The van der Waals surface area contributed by atoms with Crippen molar-refractivity contribution in [3.05, 3.63) is 35.9 Å². The zero-order valence-electron chi connectivity index (χ0n) is 13.7. The number of benzene rings is 1. The first-order valence-electron chi connectivity index (χ1n) is 7.44. The van der Waals surface area contributed by atoms with E-state index in [1.807, 2.05) is 30.3 Å². The lowest BCUT2D eigenvalue weighted by molar-refractivity contribution is -0.145. The second kappa shape index (κ2) is 8.92. The molecule has 1 N–H and O–H groups in total. The van der Waals surface area contributed by atoms with E-state index in [9.17, 15) is 14.4 Å². The number of aldehydes is 1. The number of hydrogen-bond acceptors (Lipinski definition) is 5. The largest absolute Gasteiger partial charge is 0.461 e. The van der Waals surface area contributed by atoms with Gasteiger partial charge in [0.05, 0.1) is 6.04 Å². The minimum atomic E-state index is -0.783. The Hall–Kier alpha value is -2.37. The molecular formula is C17H23NO5. The molecule has 1 atom stereocenters. The number of amides is 1. The number of esters is 1. The number of rotatable bonds is 7. The van der Waals surface area contributed by atoms with Crippen LogP contribution in [0.1, 0.15) is 39.2 Å². The summed E-state index contributed by atoms with van der Waals surface area (Å²) in [7, 11) is 0. The van der Waals surface area contributed by atoms with Gasteiger partial charge in [-0.2, -0.15) is 0 Å². The molecule has 1 amide bonds. The first-order chi connectivity index (χ1) is 10.8. The molecular weight excluding hydrogens is 298 g/mol. The lowest BCUT2D eigenvalue weighted by Gasteiger charge is -2.21. The van der Waals surface area contributed by atoms with E-state index in [-0.39, 0.29) is 19.4 Å². The summed E-state index contributed by atoms with van der Waals surface area (Å²) in [4.78, 5) is 34.2. The van der Waals surface area contributed by atoms with Gasteiger partial charge in [-0.05, 0) is 32.8 Å². The quantitative estimate of drug-likeness (QED) is 0.616. The molecule has 6 heteroatoms. The first kappa shape index (κ1) is 18.7. The molecule has 0 heterocycles. The van der Waals surface area contributed by atoms with Gasteiger partial charge in [-0.15, -0.1) is 0 Å². The van der Waals surface area contributed by atoms with Crippen molar-refractivity contribution in [2.24, 2.45) is 0 Å². The van der Waals surface area contributed by atoms with Crippen LogP contribution >= 0.6 is 0 Å². The van der Waals surface area contributed by atoms with Crippen molar-refractivity contribution >= 4 is 18.3 Å². The summed E-state index contributed by atoms with van der Waals surface area (Å²) in [6.07, 6.45) is 0.0869. The fourth-order valence-electron chi connectivity index (χ4n) is 1.72. The molecule has 1 aromatic carbocycles. The Labute approximate surface area is 136 Å². The van der Waals surface area contributed by atoms with Gasteiger partial charge >= 0.3 is 12.1 Å². The van der Waals surface area contributed by atoms with Gasteiger partial charge in [-0.25, -0.2) is 4.79 Å². The summed E-state index contributed by atoms with van der Waals surface area (Å²) < 4.78 is 10.2. The summed E-state index contributed by atoms with van der Waals surface area (Å²) in [5.41, 5.74) is 0.242.